The number of carboxylic acids is 1. The van der Waals surface area contributed by atoms with Gasteiger partial charge < -0.3 is 64.2 Å². The molecule has 9 amide bonds. The largest absolute Gasteiger partial charge is 0.480 e. The molecule has 0 spiro atoms. The van der Waals surface area contributed by atoms with Crippen molar-refractivity contribution >= 4 is 59.1 Å². The van der Waals surface area contributed by atoms with Crippen LogP contribution in [0.5, 0.6) is 0 Å². The van der Waals surface area contributed by atoms with Gasteiger partial charge >= 0.3 is 5.97 Å². The number of benzene rings is 1. The molecule has 1 aliphatic heterocycles. The number of carbonyl (C=O) groups is 10. The van der Waals surface area contributed by atoms with Crippen LogP contribution in [0.3, 0.4) is 0 Å². The van der Waals surface area contributed by atoms with E-state index in [2.05, 4.69) is 26.6 Å². The fourth-order valence-corrected chi connectivity index (χ4v) is 5.88. The van der Waals surface area contributed by atoms with Crippen LogP contribution in [-0.4, -0.2) is 136 Å². The predicted octanol–water partition coefficient (Wildman–Crippen LogP) is -5.02. The lowest BCUT2D eigenvalue weighted by Crippen LogP contribution is -2.60. The van der Waals surface area contributed by atoms with E-state index in [1.54, 1.807) is 38.1 Å². The predicted molar refractivity (Wildman–Crippen MR) is 203 cm³/mol. The Kier molecular flexibility index (Phi) is 19.2. The minimum Gasteiger partial charge on any atom is -0.480 e. The summed E-state index contributed by atoms with van der Waals surface area (Å²) in [6.45, 7) is 2.94. The molecule has 320 valence electrons. The second-order valence-corrected chi connectivity index (χ2v) is 14.1. The van der Waals surface area contributed by atoms with E-state index in [4.69, 9.17) is 27.4 Å². The molecule has 0 unspecified atom stereocenters. The third kappa shape index (κ3) is 15.4. The standard InChI is InChI=1S/C36H54N10O12/c1-18(2)29(45-31(52)21(37)14-20-8-5-4-6-9-20)34(55)44-23(15-27(39)49)35(56)46-13-7-10-25(46)33(54)43-22(11-12-26(38)48)32(53)41-19(3)30(51)40-16-28(50)42-24(17-47)36(57)58/h4-6,8-9,18-19,21-25,29,47H,7,10-17,37H2,1-3H3,(H2,38,48)(H2,39,49)(H,40,51)(H,41,53)(H,42,50)(H,43,54)(H,44,55)(H,45,52)(H,57,58)/t19-,21-,22-,23-,24-,25-,29-/m0/s1. The Bertz CT molecular complexity index is 1680. The molecule has 0 aromatic heterocycles. The van der Waals surface area contributed by atoms with Gasteiger partial charge in [-0.05, 0) is 44.1 Å². The molecule has 0 bridgehead atoms. The number of likely N-dealkylation sites (tertiary alicyclic amines) is 1. The third-order valence-corrected chi connectivity index (χ3v) is 9.04. The first-order valence-corrected chi connectivity index (χ1v) is 18.5. The summed E-state index contributed by atoms with van der Waals surface area (Å²) in [4.78, 5) is 128. The molecule has 7 atom stereocenters. The Balaban J connectivity index is 2.15. The van der Waals surface area contributed by atoms with Gasteiger partial charge in [0, 0.05) is 13.0 Å². The lowest BCUT2D eigenvalue weighted by atomic mass is 10.0. The number of carboxylic acid groups (broad SMARTS) is 1. The minimum absolute atomic E-state index is 0.00911. The van der Waals surface area contributed by atoms with E-state index >= 15 is 0 Å². The summed E-state index contributed by atoms with van der Waals surface area (Å²) in [7, 11) is 0. The van der Waals surface area contributed by atoms with E-state index in [1.807, 2.05) is 11.4 Å². The molecule has 1 fully saturated rings. The number of amides is 9. The quantitative estimate of drug-likeness (QED) is 0.0493. The molecular weight excluding hydrogens is 764 g/mol. The Hall–Kier alpha value is -6.16. The highest BCUT2D eigenvalue weighted by molar-refractivity contribution is 5.98. The molecule has 1 aromatic carbocycles. The first-order valence-electron chi connectivity index (χ1n) is 18.5. The van der Waals surface area contributed by atoms with Crippen molar-refractivity contribution in [1.82, 2.24) is 36.8 Å². The van der Waals surface area contributed by atoms with Crippen molar-refractivity contribution in [3.8, 4) is 0 Å². The number of aliphatic hydroxyl groups excluding tert-OH is 1. The van der Waals surface area contributed by atoms with Gasteiger partial charge in [-0.1, -0.05) is 44.2 Å². The SMILES string of the molecule is CC(C)[C@H](NC(=O)[C@@H](N)Cc1ccccc1)C(=O)N[C@@H](CC(N)=O)C(=O)N1CCC[C@H]1C(=O)N[C@@H](CCC(N)=O)C(=O)N[C@@H](C)C(=O)NCC(=O)N[C@@H](CO)C(=O)O. The average molecular weight is 819 g/mol. The van der Waals surface area contributed by atoms with E-state index in [-0.39, 0.29) is 32.2 Å². The number of aliphatic hydroxyl groups is 1. The molecule has 0 saturated carbocycles. The molecule has 1 saturated heterocycles. The van der Waals surface area contributed by atoms with Crippen LogP contribution in [0.2, 0.25) is 0 Å². The number of nitrogens with one attached hydrogen (secondary N) is 6. The molecular formula is C36H54N10O12. The van der Waals surface area contributed by atoms with E-state index in [0.29, 0.717) is 6.42 Å². The first-order chi connectivity index (χ1) is 27.2. The van der Waals surface area contributed by atoms with Crippen LogP contribution in [0.4, 0.5) is 0 Å². The van der Waals surface area contributed by atoms with Crippen LogP contribution in [0.25, 0.3) is 0 Å². The summed E-state index contributed by atoms with van der Waals surface area (Å²) < 4.78 is 0. The molecule has 2 rings (SSSR count). The average Bonchev–Trinajstić information content (AvgIpc) is 3.66. The van der Waals surface area contributed by atoms with Crippen LogP contribution in [-0.2, 0) is 54.4 Å². The molecule has 1 heterocycles. The van der Waals surface area contributed by atoms with E-state index in [1.165, 1.54) is 6.92 Å². The summed E-state index contributed by atoms with van der Waals surface area (Å²) in [5.41, 5.74) is 17.6. The van der Waals surface area contributed by atoms with Crippen molar-refractivity contribution in [3.05, 3.63) is 35.9 Å². The molecule has 22 heteroatoms. The van der Waals surface area contributed by atoms with Crippen molar-refractivity contribution in [2.75, 3.05) is 19.7 Å². The molecule has 58 heavy (non-hydrogen) atoms. The topological polar surface area (TPSA) is 365 Å². The fourth-order valence-electron chi connectivity index (χ4n) is 5.88. The number of carbonyl (C=O) groups excluding carboxylic acids is 9. The van der Waals surface area contributed by atoms with E-state index in [0.717, 1.165) is 10.5 Å². The Morgan fingerprint density at radius 1 is 0.793 bits per heavy atom. The van der Waals surface area contributed by atoms with Crippen LogP contribution in [0.1, 0.15) is 58.4 Å². The van der Waals surface area contributed by atoms with Gasteiger partial charge in [0.15, 0.2) is 0 Å². The summed E-state index contributed by atoms with van der Waals surface area (Å²) in [6, 6.07) is -0.376. The maximum atomic E-state index is 13.9. The monoisotopic (exact) mass is 818 g/mol. The Labute approximate surface area is 334 Å². The number of hydrogen-bond acceptors (Lipinski definition) is 12. The number of primary amides is 2. The van der Waals surface area contributed by atoms with Gasteiger partial charge in [0.05, 0.1) is 25.6 Å². The molecule has 14 N–H and O–H groups in total. The first kappa shape index (κ1) is 48.0. The van der Waals surface area contributed by atoms with Crippen molar-refractivity contribution < 1.29 is 58.2 Å². The molecule has 0 radical (unpaired) electrons. The number of aliphatic carboxylic acids is 1. The molecule has 22 nitrogen and oxygen atoms in total. The lowest BCUT2D eigenvalue weighted by Gasteiger charge is -2.31. The Morgan fingerprint density at radius 2 is 1.45 bits per heavy atom. The summed E-state index contributed by atoms with van der Waals surface area (Å²) >= 11 is 0. The normalized spacial score (nSPS) is 16.7. The van der Waals surface area contributed by atoms with Crippen molar-refractivity contribution in [2.24, 2.45) is 23.1 Å². The maximum absolute atomic E-state index is 13.9. The van der Waals surface area contributed by atoms with Crippen molar-refractivity contribution in [3.63, 3.8) is 0 Å². The summed E-state index contributed by atoms with van der Waals surface area (Å²) in [6.07, 6.45) is -0.763. The van der Waals surface area contributed by atoms with Gasteiger partial charge in [-0.2, -0.15) is 0 Å². The maximum Gasteiger partial charge on any atom is 0.328 e. The zero-order valence-electron chi connectivity index (χ0n) is 32.5. The zero-order valence-corrected chi connectivity index (χ0v) is 32.5. The number of nitrogens with two attached hydrogens (primary N) is 3. The van der Waals surface area contributed by atoms with Gasteiger partial charge in [-0.15, -0.1) is 0 Å². The van der Waals surface area contributed by atoms with Gasteiger partial charge in [0.2, 0.25) is 53.2 Å². The second-order valence-electron chi connectivity index (χ2n) is 14.1. The highest BCUT2D eigenvalue weighted by atomic mass is 16.4. The number of nitrogens with zero attached hydrogens (tertiary/aromatic N) is 1. The molecule has 0 aliphatic carbocycles. The van der Waals surface area contributed by atoms with Crippen molar-refractivity contribution in [1.29, 1.82) is 0 Å². The van der Waals surface area contributed by atoms with Crippen molar-refractivity contribution in [2.45, 2.75) is 102 Å². The van der Waals surface area contributed by atoms with Gasteiger partial charge in [-0.3, -0.25) is 43.2 Å². The number of hydrogen-bond donors (Lipinski definition) is 11. The molecule has 1 aromatic rings. The van der Waals surface area contributed by atoms with Crippen LogP contribution >= 0.6 is 0 Å². The van der Waals surface area contributed by atoms with Gasteiger partial charge in [0.25, 0.3) is 0 Å². The summed E-state index contributed by atoms with van der Waals surface area (Å²) in [5, 5.41) is 32.1. The third-order valence-electron chi connectivity index (χ3n) is 9.04. The fraction of sp³-hybridized carbons (Fsp3) is 0.556. The number of rotatable bonds is 23. The Morgan fingerprint density at radius 3 is 2.02 bits per heavy atom. The highest BCUT2D eigenvalue weighted by Gasteiger charge is 2.40. The smallest absolute Gasteiger partial charge is 0.328 e. The van der Waals surface area contributed by atoms with Gasteiger partial charge in [0.1, 0.15) is 36.3 Å². The van der Waals surface area contributed by atoms with Crippen LogP contribution in [0, 0.1) is 5.92 Å². The minimum atomic E-state index is -1.61. The van der Waals surface area contributed by atoms with E-state index < -0.39 is 127 Å². The molecule has 1 aliphatic rings. The summed E-state index contributed by atoms with van der Waals surface area (Å²) in [5.74, 6) is -9.68. The van der Waals surface area contributed by atoms with Crippen LogP contribution in [0.15, 0.2) is 30.3 Å². The lowest BCUT2D eigenvalue weighted by molar-refractivity contribution is -0.143. The second kappa shape index (κ2) is 23.2. The van der Waals surface area contributed by atoms with Crippen LogP contribution < -0.4 is 49.1 Å². The van der Waals surface area contributed by atoms with Gasteiger partial charge in [-0.25, -0.2) is 4.79 Å². The van der Waals surface area contributed by atoms with E-state index in [9.17, 15) is 47.9 Å². The zero-order chi connectivity index (χ0) is 43.7. The highest BCUT2D eigenvalue weighted by Crippen LogP contribution is 2.20.